The van der Waals surface area contributed by atoms with Crippen molar-refractivity contribution in [3.05, 3.63) is 22.7 Å². The number of halogens is 1. The van der Waals surface area contributed by atoms with Crippen LogP contribution in [0.3, 0.4) is 0 Å². The Morgan fingerprint density at radius 3 is 2.76 bits per heavy atom. The fraction of sp³-hybridized carbons (Fsp3) is 0.538. The Kier molecular flexibility index (Phi) is 7.53. The molecule has 1 rings (SSSR count). The van der Waals surface area contributed by atoms with Gasteiger partial charge in [-0.05, 0) is 43.0 Å². The van der Waals surface area contributed by atoms with E-state index in [9.17, 15) is 0 Å². The lowest BCUT2D eigenvalue weighted by molar-refractivity contribution is 0.689. The van der Waals surface area contributed by atoms with Crippen LogP contribution in [0, 0.1) is 0 Å². The van der Waals surface area contributed by atoms with Crippen LogP contribution in [0.5, 0.6) is 0 Å². The maximum atomic E-state index is 5.88. The van der Waals surface area contributed by atoms with Gasteiger partial charge in [0.05, 0.1) is 11.4 Å². The number of thioether (sulfide) groups is 1. The number of unbranched alkanes of at least 4 members (excludes halogenated alkanes) is 3. The number of nitrogens with two attached hydrogens (primary N) is 1. The normalized spacial score (nSPS) is 10.5. The smallest absolute Gasteiger partial charge is 0.0585 e. The van der Waals surface area contributed by atoms with Gasteiger partial charge in [-0.3, -0.25) is 0 Å². The van der Waals surface area contributed by atoms with Gasteiger partial charge in [0.2, 0.25) is 0 Å². The summed E-state index contributed by atoms with van der Waals surface area (Å²) in [6.45, 7) is 1.000. The van der Waals surface area contributed by atoms with Crippen molar-refractivity contribution in [1.29, 1.82) is 0 Å². The Morgan fingerprint density at radius 2 is 2.00 bits per heavy atom. The maximum Gasteiger partial charge on any atom is 0.0585 e. The Hall–Kier alpha value is -0.350. The van der Waals surface area contributed by atoms with Crippen LogP contribution in [-0.4, -0.2) is 18.6 Å². The molecule has 17 heavy (non-hydrogen) atoms. The van der Waals surface area contributed by atoms with Crippen LogP contribution in [0.15, 0.2) is 22.7 Å². The van der Waals surface area contributed by atoms with E-state index in [1.165, 1.54) is 31.4 Å². The zero-order valence-corrected chi connectivity index (χ0v) is 12.7. The van der Waals surface area contributed by atoms with Crippen LogP contribution in [0.2, 0.25) is 0 Å². The number of nitrogen functional groups attached to an aromatic ring is 1. The molecule has 0 saturated carbocycles. The van der Waals surface area contributed by atoms with Crippen LogP contribution in [0.1, 0.15) is 25.7 Å². The predicted molar refractivity (Wildman–Crippen MR) is 83.9 cm³/mol. The Labute approximate surface area is 117 Å². The third-order valence-corrected chi connectivity index (χ3v) is 3.80. The monoisotopic (exact) mass is 316 g/mol. The molecule has 1 aromatic carbocycles. The number of hydrogen-bond donors (Lipinski definition) is 2. The summed E-state index contributed by atoms with van der Waals surface area (Å²) in [7, 11) is 0. The number of benzene rings is 1. The number of nitrogens with one attached hydrogen (secondary N) is 1. The van der Waals surface area contributed by atoms with Crippen molar-refractivity contribution < 1.29 is 0 Å². The second-order valence-electron chi connectivity index (χ2n) is 4.07. The third-order valence-electron chi connectivity index (χ3n) is 2.61. The molecular formula is C13H21BrN2S. The van der Waals surface area contributed by atoms with E-state index in [1.54, 1.807) is 0 Å². The van der Waals surface area contributed by atoms with E-state index in [-0.39, 0.29) is 0 Å². The lowest BCUT2D eigenvalue weighted by atomic mass is 10.2. The number of anilines is 2. The average Bonchev–Trinajstić information content (AvgIpc) is 2.32. The van der Waals surface area contributed by atoms with E-state index < -0.39 is 0 Å². The zero-order valence-electron chi connectivity index (χ0n) is 10.3. The minimum atomic E-state index is 0.815. The highest BCUT2D eigenvalue weighted by Gasteiger charge is 1.98. The van der Waals surface area contributed by atoms with Crippen LogP contribution in [0.4, 0.5) is 11.4 Å². The van der Waals surface area contributed by atoms with Gasteiger partial charge in [0.15, 0.2) is 0 Å². The summed E-state index contributed by atoms with van der Waals surface area (Å²) in [6, 6.07) is 5.91. The molecule has 0 heterocycles. The molecule has 4 heteroatoms. The summed E-state index contributed by atoms with van der Waals surface area (Å²) in [5.41, 5.74) is 7.73. The molecule has 0 amide bonds. The molecule has 0 aromatic heterocycles. The van der Waals surface area contributed by atoms with Crippen molar-refractivity contribution in [3.8, 4) is 0 Å². The lowest BCUT2D eigenvalue weighted by Crippen LogP contribution is -2.04. The van der Waals surface area contributed by atoms with Gasteiger partial charge >= 0.3 is 0 Å². The van der Waals surface area contributed by atoms with Gasteiger partial charge in [-0.2, -0.15) is 11.8 Å². The quantitative estimate of drug-likeness (QED) is 0.552. The van der Waals surface area contributed by atoms with E-state index in [2.05, 4.69) is 27.5 Å². The van der Waals surface area contributed by atoms with E-state index >= 15 is 0 Å². The van der Waals surface area contributed by atoms with Gasteiger partial charge in [-0.15, -0.1) is 0 Å². The standard InChI is InChI=1S/C13H21BrN2S/c1-17-9-5-3-2-4-8-16-13-10-11(14)6-7-12(13)15/h6-7,10,16H,2-5,8-9,15H2,1H3. The number of hydrogen-bond acceptors (Lipinski definition) is 3. The molecule has 0 saturated heterocycles. The third kappa shape index (κ3) is 6.22. The Balaban J connectivity index is 2.15. The highest BCUT2D eigenvalue weighted by Crippen LogP contribution is 2.23. The SMILES string of the molecule is CSCCCCCCNc1cc(Br)ccc1N. The molecule has 96 valence electrons. The van der Waals surface area contributed by atoms with Gasteiger partial charge in [0.1, 0.15) is 0 Å². The van der Waals surface area contributed by atoms with Crippen molar-refractivity contribution >= 4 is 39.1 Å². The highest BCUT2D eigenvalue weighted by molar-refractivity contribution is 9.10. The molecule has 0 aliphatic heterocycles. The second kappa shape index (κ2) is 8.70. The zero-order chi connectivity index (χ0) is 12.5. The molecule has 0 aliphatic carbocycles. The minimum Gasteiger partial charge on any atom is -0.397 e. The first-order chi connectivity index (χ1) is 8.24. The van der Waals surface area contributed by atoms with E-state index in [0.717, 1.165) is 22.4 Å². The van der Waals surface area contributed by atoms with Gasteiger partial charge in [-0.25, -0.2) is 0 Å². The summed E-state index contributed by atoms with van der Waals surface area (Å²) in [6.07, 6.45) is 7.33. The van der Waals surface area contributed by atoms with Gasteiger partial charge < -0.3 is 11.1 Å². The lowest BCUT2D eigenvalue weighted by Gasteiger charge is -2.09. The Bertz CT molecular complexity index is 331. The highest BCUT2D eigenvalue weighted by atomic mass is 79.9. The van der Waals surface area contributed by atoms with Crippen molar-refractivity contribution in [3.63, 3.8) is 0 Å². The van der Waals surface area contributed by atoms with Crippen LogP contribution in [-0.2, 0) is 0 Å². The van der Waals surface area contributed by atoms with Crippen molar-refractivity contribution in [2.75, 3.05) is 29.6 Å². The molecule has 0 unspecified atom stereocenters. The van der Waals surface area contributed by atoms with Crippen molar-refractivity contribution in [2.24, 2.45) is 0 Å². The van der Waals surface area contributed by atoms with Gasteiger partial charge in [0.25, 0.3) is 0 Å². The second-order valence-corrected chi connectivity index (χ2v) is 5.97. The van der Waals surface area contributed by atoms with E-state index in [4.69, 9.17) is 5.73 Å². The van der Waals surface area contributed by atoms with Crippen LogP contribution < -0.4 is 11.1 Å². The van der Waals surface area contributed by atoms with Crippen LogP contribution in [0.25, 0.3) is 0 Å². The molecule has 0 fully saturated rings. The first-order valence-corrected chi connectivity index (χ1v) is 8.20. The van der Waals surface area contributed by atoms with Crippen molar-refractivity contribution in [2.45, 2.75) is 25.7 Å². The number of rotatable bonds is 8. The fourth-order valence-electron chi connectivity index (χ4n) is 1.63. The summed E-state index contributed by atoms with van der Waals surface area (Å²) in [5.74, 6) is 1.28. The molecule has 0 bridgehead atoms. The van der Waals surface area contributed by atoms with E-state index in [0.29, 0.717) is 0 Å². The Morgan fingerprint density at radius 1 is 1.24 bits per heavy atom. The topological polar surface area (TPSA) is 38.0 Å². The van der Waals surface area contributed by atoms with Gasteiger partial charge in [0, 0.05) is 11.0 Å². The molecule has 1 aromatic rings. The van der Waals surface area contributed by atoms with Crippen LogP contribution >= 0.6 is 27.7 Å². The largest absolute Gasteiger partial charge is 0.397 e. The fourth-order valence-corrected chi connectivity index (χ4v) is 2.48. The maximum absolute atomic E-state index is 5.88. The average molecular weight is 317 g/mol. The first-order valence-electron chi connectivity index (χ1n) is 6.02. The minimum absolute atomic E-state index is 0.815. The summed E-state index contributed by atoms with van der Waals surface area (Å²) in [5, 5.41) is 3.38. The molecule has 2 nitrogen and oxygen atoms in total. The summed E-state index contributed by atoms with van der Waals surface area (Å²) in [4.78, 5) is 0. The molecule has 3 N–H and O–H groups in total. The van der Waals surface area contributed by atoms with E-state index in [1.807, 2.05) is 30.0 Å². The molecule has 0 spiro atoms. The molecular weight excluding hydrogens is 296 g/mol. The summed E-state index contributed by atoms with van der Waals surface area (Å²) < 4.78 is 1.06. The van der Waals surface area contributed by atoms with Crippen molar-refractivity contribution in [1.82, 2.24) is 0 Å². The molecule has 0 atom stereocenters. The van der Waals surface area contributed by atoms with Gasteiger partial charge in [-0.1, -0.05) is 28.8 Å². The molecule has 0 radical (unpaired) electrons. The summed E-state index contributed by atoms with van der Waals surface area (Å²) >= 11 is 5.38. The first kappa shape index (κ1) is 14.7. The molecule has 0 aliphatic rings. The predicted octanol–water partition coefficient (Wildman–Crippen LogP) is 4.37.